The summed E-state index contributed by atoms with van der Waals surface area (Å²) in [5.41, 5.74) is -0.0455. The van der Waals surface area contributed by atoms with Gasteiger partial charge in [-0.2, -0.15) is 0 Å². The molecule has 28 heavy (non-hydrogen) atoms. The fourth-order valence-electron chi connectivity index (χ4n) is 3.91. The quantitative estimate of drug-likeness (QED) is 0.772. The fraction of sp³-hybridized carbons (Fsp3) is 0.368. The molecule has 1 aromatic carbocycles. The average Bonchev–Trinajstić information content (AvgIpc) is 2.59. The van der Waals surface area contributed by atoms with E-state index in [1.165, 1.54) is 18.3 Å². The van der Waals surface area contributed by atoms with Crippen molar-refractivity contribution in [2.24, 2.45) is 5.41 Å². The zero-order valence-electron chi connectivity index (χ0n) is 15.1. The number of amides is 2. The maximum Gasteiger partial charge on any atom is 0.258 e. The van der Waals surface area contributed by atoms with Gasteiger partial charge in [-0.25, -0.2) is 9.37 Å². The number of hydrogen-bond donors (Lipinski definition) is 2. The Balaban J connectivity index is 1.24. The van der Waals surface area contributed by atoms with Gasteiger partial charge in [0.25, 0.3) is 5.91 Å². The normalized spacial score (nSPS) is 24.5. The van der Waals surface area contributed by atoms with Gasteiger partial charge in [-0.1, -0.05) is 11.6 Å². The van der Waals surface area contributed by atoms with Gasteiger partial charge < -0.3 is 15.4 Å². The SMILES string of the molecule is Cc1cnc(NC(=O)C23CC(NC(=O)COc4ccc(Cl)c(F)c4)(C2)C3)cn1. The minimum Gasteiger partial charge on any atom is -0.484 e. The molecule has 146 valence electrons. The highest BCUT2D eigenvalue weighted by atomic mass is 35.5. The molecule has 1 aromatic heterocycles. The highest BCUT2D eigenvalue weighted by molar-refractivity contribution is 6.30. The van der Waals surface area contributed by atoms with E-state index in [1.54, 1.807) is 6.20 Å². The lowest BCUT2D eigenvalue weighted by molar-refractivity contribution is -0.179. The molecule has 0 atom stereocenters. The molecule has 0 saturated heterocycles. The highest BCUT2D eigenvalue weighted by Crippen LogP contribution is 2.67. The van der Waals surface area contributed by atoms with Crippen LogP contribution in [-0.4, -0.2) is 33.9 Å². The molecule has 9 heteroatoms. The molecule has 2 aromatic rings. The average molecular weight is 405 g/mol. The molecule has 2 bridgehead atoms. The summed E-state index contributed by atoms with van der Waals surface area (Å²) in [6.07, 6.45) is 4.84. The van der Waals surface area contributed by atoms with E-state index in [4.69, 9.17) is 16.3 Å². The molecule has 7 nitrogen and oxygen atoms in total. The van der Waals surface area contributed by atoms with Crippen LogP contribution in [0.2, 0.25) is 5.02 Å². The first-order chi connectivity index (χ1) is 13.3. The van der Waals surface area contributed by atoms with Crippen LogP contribution < -0.4 is 15.4 Å². The lowest BCUT2D eigenvalue weighted by atomic mass is 9.39. The molecule has 3 fully saturated rings. The smallest absolute Gasteiger partial charge is 0.258 e. The maximum atomic E-state index is 13.4. The standard InChI is InChI=1S/C19H18ClFN4O3/c1-11-5-23-15(6-22-11)24-17(27)18-8-19(9-18,10-18)25-16(26)7-28-12-2-3-13(20)14(21)4-12/h2-6H,7-10H2,1H3,(H,25,26)(H,23,24,27). The number of carbonyl (C=O) groups excluding carboxylic acids is 2. The van der Waals surface area contributed by atoms with E-state index in [0.29, 0.717) is 25.1 Å². The van der Waals surface area contributed by atoms with Crippen LogP contribution in [0.5, 0.6) is 5.75 Å². The Morgan fingerprint density at radius 2 is 2.00 bits per heavy atom. The molecule has 0 unspecified atom stereocenters. The Labute approximate surface area is 165 Å². The van der Waals surface area contributed by atoms with E-state index in [1.807, 2.05) is 6.92 Å². The Hall–Kier alpha value is -2.74. The Morgan fingerprint density at radius 3 is 2.64 bits per heavy atom. The van der Waals surface area contributed by atoms with Crippen LogP contribution in [0.15, 0.2) is 30.6 Å². The second kappa shape index (κ2) is 6.70. The summed E-state index contributed by atoms with van der Waals surface area (Å²) >= 11 is 5.61. The second-order valence-electron chi connectivity index (χ2n) is 7.50. The molecule has 2 N–H and O–H groups in total. The predicted octanol–water partition coefficient (Wildman–Crippen LogP) is 2.63. The van der Waals surface area contributed by atoms with E-state index in [0.717, 1.165) is 11.8 Å². The first kappa shape index (κ1) is 18.6. The third-order valence-corrected chi connectivity index (χ3v) is 5.51. The molecule has 2 amide bonds. The first-order valence-electron chi connectivity index (χ1n) is 8.78. The van der Waals surface area contributed by atoms with E-state index in [-0.39, 0.29) is 34.7 Å². The maximum absolute atomic E-state index is 13.4. The molecule has 0 aliphatic heterocycles. The zero-order chi connectivity index (χ0) is 19.9. The summed E-state index contributed by atoms with van der Waals surface area (Å²) in [4.78, 5) is 32.8. The lowest BCUT2D eigenvalue weighted by Gasteiger charge is -2.69. The van der Waals surface area contributed by atoms with Crippen LogP contribution in [0, 0.1) is 18.2 Å². The number of aromatic nitrogens is 2. The van der Waals surface area contributed by atoms with Crippen molar-refractivity contribution in [3.8, 4) is 5.75 Å². The van der Waals surface area contributed by atoms with Crippen LogP contribution >= 0.6 is 11.6 Å². The lowest BCUT2D eigenvalue weighted by Crippen LogP contribution is -2.78. The summed E-state index contributed by atoms with van der Waals surface area (Å²) in [5.74, 6) is -0.375. The van der Waals surface area contributed by atoms with Crippen molar-refractivity contribution in [1.82, 2.24) is 15.3 Å². The second-order valence-corrected chi connectivity index (χ2v) is 7.91. The molecule has 0 spiro atoms. The van der Waals surface area contributed by atoms with Crippen molar-refractivity contribution in [2.45, 2.75) is 31.7 Å². The minimum absolute atomic E-state index is 0.00846. The summed E-state index contributed by atoms with van der Waals surface area (Å²) in [5, 5.41) is 5.69. The molecular formula is C19H18ClFN4O3. The van der Waals surface area contributed by atoms with Gasteiger partial charge in [-0.15, -0.1) is 0 Å². The van der Waals surface area contributed by atoms with Crippen molar-refractivity contribution >= 4 is 29.2 Å². The molecule has 0 radical (unpaired) electrons. The third-order valence-electron chi connectivity index (χ3n) is 5.20. The number of nitrogens with one attached hydrogen (secondary N) is 2. The van der Waals surface area contributed by atoms with Gasteiger partial charge in [-0.05, 0) is 38.3 Å². The van der Waals surface area contributed by atoms with Gasteiger partial charge in [0.05, 0.1) is 28.5 Å². The van der Waals surface area contributed by atoms with Crippen molar-refractivity contribution in [2.75, 3.05) is 11.9 Å². The summed E-state index contributed by atoms with van der Waals surface area (Å²) in [6, 6.07) is 3.99. The Kier molecular flexibility index (Phi) is 4.45. The molecular weight excluding hydrogens is 387 g/mol. The number of anilines is 1. The molecule has 3 aliphatic carbocycles. The van der Waals surface area contributed by atoms with Gasteiger partial charge in [-0.3, -0.25) is 14.6 Å². The number of nitrogens with zero attached hydrogens (tertiary/aromatic N) is 2. The monoisotopic (exact) mass is 404 g/mol. The topological polar surface area (TPSA) is 93.2 Å². The number of ether oxygens (including phenoxy) is 1. The summed E-state index contributed by atoms with van der Waals surface area (Å²) in [7, 11) is 0. The number of rotatable bonds is 6. The largest absolute Gasteiger partial charge is 0.484 e. The Bertz CT molecular complexity index is 931. The number of carbonyl (C=O) groups is 2. The van der Waals surface area contributed by atoms with Crippen molar-refractivity contribution in [1.29, 1.82) is 0 Å². The highest BCUT2D eigenvalue weighted by Gasteiger charge is 2.72. The zero-order valence-corrected chi connectivity index (χ0v) is 15.8. The van der Waals surface area contributed by atoms with E-state index >= 15 is 0 Å². The molecule has 5 rings (SSSR count). The molecule has 3 saturated carbocycles. The first-order valence-corrected chi connectivity index (χ1v) is 9.16. The van der Waals surface area contributed by atoms with Gasteiger partial charge >= 0.3 is 0 Å². The van der Waals surface area contributed by atoms with Gasteiger partial charge in [0.1, 0.15) is 11.6 Å². The van der Waals surface area contributed by atoms with Crippen molar-refractivity contribution in [3.63, 3.8) is 0 Å². The van der Waals surface area contributed by atoms with Gasteiger partial charge in [0, 0.05) is 11.6 Å². The number of halogens is 2. The van der Waals surface area contributed by atoms with Gasteiger partial charge in [0.15, 0.2) is 12.4 Å². The van der Waals surface area contributed by atoms with Crippen LogP contribution in [0.25, 0.3) is 0 Å². The van der Waals surface area contributed by atoms with Crippen LogP contribution in [0.1, 0.15) is 25.0 Å². The minimum atomic E-state index is -0.606. The van der Waals surface area contributed by atoms with E-state index in [9.17, 15) is 14.0 Å². The summed E-state index contributed by atoms with van der Waals surface area (Å²) in [6.45, 7) is 1.58. The fourth-order valence-corrected chi connectivity index (χ4v) is 4.03. The molecule has 3 aliphatic rings. The molecule has 1 heterocycles. The number of hydrogen-bond acceptors (Lipinski definition) is 5. The van der Waals surface area contributed by atoms with Crippen LogP contribution in [0.4, 0.5) is 10.2 Å². The number of benzene rings is 1. The number of aryl methyl sites for hydroxylation is 1. The van der Waals surface area contributed by atoms with Crippen LogP contribution in [0.3, 0.4) is 0 Å². The van der Waals surface area contributed by atoms with E-state index < -0.39 is 11.2 Å². The predicted molar refractivity (Wildman–Crippen MR) is 99.5 cm³/mol. The van der Waals surface area contributed by atoms with E-state index in [2.05, 4.69) is 20.6 Å². The Morgan fingerprint density at radius 1 is 1.25 bits per heavy atom. The van der Waals surface area contributed by atoms with Gasteiger partial charge in [0.2, 0.25) is 5.91 Å². The van der Waals surface area contributed by atoms with Crippen LogP contribution in [-0.2, 0) is 9.59 Å². The van der Waals surface area contributed by atoms with Crippen molar-refractivity contribution < 1.29 is 18.7 Å². The summed E-state index contributed by atoms with van der Waals surface area (Å²) < 4.78 is 18.7. The third kappa shape index (κ3) is 3.40. The van der Waals surface area contributed by atoms with Crippen molar-refractivity contribution in [3.05, 3.63) is 47.1 Å².